The van der Waals surface area contributed by atoms with Gasteiger partial charge in [-0.05, 0) is 19.9 Å². The fourth-order valence-corrected chi connectivity index (χ4v) is 1.11. The highest BCUT2D eigenvalue weighted by atomic mass is 19.1. The summed E-state index contributed by atoms with van der Waals surface area (Å²) in [5.74, 6) is -0.653. The third-order valence-corrected chi connectivity index (χ3v) is 1.75. The summed E-state index contributed by atoms with van der Waals surface area (Å²) in [4.78, 5) is 9.82. The van der Waals surface area contributed by atoms with E-state index < -0.39 is 10.7 Å². The van der Waals surface area contributed by atoms with Crippen LogP contribution in [0.25, 0.3) is 0 Å². The number of nitro benzene ring substituents is 1. The molecule has 0 spiro atoms. The SMILES string of the molecule is CCOc1cc(C)c([N+](=O)[O-])cc1F. The molecule has 1 rings (SSSR count). The van der Waals surface area contributed by atoms with Crippen LogP contribution in [-0.4, -0.2) is 11.5 Å². The molecular formula is C9H10FNO3. The average Bonchev–Trinajstić information content (AvgIpc) is 2.10. The minimum absolute atomic E-state index is 0.0515. The Kier molecular flexibility index (Phi) is 3.01. The smallest absolute Gasteiger partial charge is 0.275 e. The molecule has 0 aromatic heterocycles. The van der Waals surface area contributed by atoms with Gasteiger partial charge in [-0.2, -0.15) is 0 Å². The average molecular weight is 199 g/mol. The highest BCUT2D eigenvalue weighted by Gasteiger charge is 2.15. The molecule has 1 aromatic carbocycles. The maximum absolute atomic E-state index is 13.1. The summed E-state index contributed by atoms with van der Waals surface area (Å²) < 4.78 is 18.1. The van der Waals surface area contributed by atoms with Crippen LogP contribution in [0.3, 0.4) is 0 Å². The molecule has 0 aliphatic heterocycles. The largest absolute Gasteiger partial charge is 0.491 e. The van der Waals surface area contributed by atoms with Crippen molar-refractivity contribution in [2.45, 2.75) is 13.8 Å². The minimum Gasteiger partial charge on any atom is -0.491 e. The number of nitro groups is 1. The first-order valence-electron chi connectivity index (χ1n) is 4.13. The quantitative estimate of drug-likeness (QED) is 0.555. The van der Waals surface area contributed by atoms with E-state index >= 15 is 0 Å². The van der Waals surface area contributed by atoms with E-state index in [0.717, 1.165) is 6.07 Å². The highest BCUT2D eigenvalue weighted by Crippen LogP contribution is 2.26. The fraction of sp³-hybridized carbons (Fsp3) is 0.333. The molecule has 76 valence electrons. The van der Waals surface area contributed by atoms with E-state index in [9.17, 15) is 14.5 Å². The van der Waals surface area contributed by atoms with Crippen molar-refractivity contribution in [2.75, 3.05) is 6.61 Å². The van der Waals surface area contributed by atoms with Gasteiger partial charge in [0.05, 0.1) is 17.6 Å². The van der Waals surface area contributed by atoms with Gasteiger partial charge in [-0.1, -0.05) is 0 Å². The Morgan fingerprint density at radius 1 is 1.57 bits per heavy atom. The first kappa shape index (κ1) is 10.4. The number of rotatable bonds is 3. The predicted molar refractivity (Wildman–Crippen MR) is 49.0 cm³/mol. The molecule has 0 N–H and O–H groups in total. The zero-order valence-electron chi connectivity index (χ0n) is 7.91. The van der Waals surface area contributed by atoms with Crippen LogP contribution in [0.2, 0.25) is 0 Å². The Bertz CT molecular complexity index is 365. The Hall–Kier alpha value is -1.65. The molecule has 14 heavy (non-hydrogen) atoms. The van der Waals surface area contributed by atoms with E-state index in [-0.39, 0.29) is 11.4 Å². The van der Waals surface area contributed by atoms with Gasteiger partial charge >= 0.3 is 0 Å². The predicted octanol–water partition coefficient (Wildman–Crippen LogP) is 2.44. The molecule has 0 saturated carbocycles. The van der Waals surface area contributed by atoms with Crippen LogP contribution in [0.1, 0.15) is 12.5 Å². The van der Waals surface area contributed by atoms with E-state index in [1.54, 1.807) is 13.8 Å². The molecule has 0 aliphatic rings. The van der Waals surface area contributed by atoms with Crippen LogP contribution < -0.4 is 4.74 Å². The van der Waals surface area contributed by atoms with Crippen molar-refractivity contribution in [1.29, 1.82) is 0 Å². The maximum Gasteiger partial charge on any atom is 0.275 e. The lowest BCUT2D eigenvalue weighted by molar-refractivity contribution is -0.385. The Balaban J connectivity index is 3.17. The van der Waals surface area contributed by atoms with Crippen molar-refractivity contribution in [1.82, 2.24) is 0 Å². The van der Waals surface area contributed by atoms with Crippen molar-refractivity contribution in [2.24, 2.45) is 0 Å². The first-order valence-corrected chi connectivity index (χ1v) is 4.13. The zero-order chi connectivity index (χ0) is 10.7. The van der Waals surface area contributed by atoms with Crippen molar-refractivity contribution >= 4 is 5.69 Å². The van der Waals surface area contributed by atoms with Crippen molar-refractivity contribution in [3.8, 4) is 5.75 Å². The van der Waals surface area contributed by atoms with E-state index in [0.29, 0.717) is 12.2 Å². The number of benzene rings is 1. The van der Waals surface area contributed by atoms with Gasteiger partial charge in [-0.3, -0.25) is 10.1 Å². The minimum atomic E-state index is -0.704. The first-order chi connectivity index (χ1) is 6.56. The normalized spacial score (nSPS) is 9.93. The summed E-state index contributed by atoms with van der Waals surface area (Å²) in [6.45, 7) is 3.59. The van der Waals surface area contributed by atoms with E-state index in [4.69, 9.17) is 4.74 Å². The van der Waals surface area contributed by atoms with Crippen LogP contribution >= 0.6 is 0 Å². The molecule has 1 aromatic rings. The number of nitrogens with zero attached hydrogens (tertiary/aromatic N) is 1. The van der Waals surface area contributed by atoms with Gasteiger partial charge in [0.1, 0.15) is 0 Å². The number of aryl methyl sites for hydroxylation is 1. The van der Waals surface area contributed by atoms with Crippen molar-refractivity contribution < 1.29 is 14.1 Å². The molecule has 0 saturated heterocycles. The molecule has 4 nitrogen and oxygen atoms in total. The number of hydrogen-bond donors (Lipinski definition) is 0. The fourth-order valence-electron chi connectivity index (χ4n) is 1.11. The second-order valence-electron chi connectivity index (χ2n) is 2.76. The highest BCUT2D eigenvalue weighted by molar-refractivity contribution is 5.45. The van der Waals surface area contributed by atoms with Crippen LogP contribution in [0.4, 0.5) is 10.1 Å². The van der Waals surface area contributed by atoms with Crippen molar-refractivity contribution in [3.05, 3.63) is 33.6 Å². The second kappa shape index (κ2) is 4.04. The maximum atomic E-state index is 13.1. The lowest BCUT2D eigenvalue weighted by Gasteiger charge is -2.05. The van der Waals surface area contributed by atoms with Crippen molar-refractivity contribution in [3.63, 3.8) is 0 Å². The summed E-state index contributed by atoms with van der Waals surface area (Å²) in [5.41, 5.74) is 0.158. The second-order valence-corrected chi connectivity index (χ2v) is 2.76. The third kappa shape index (κ3) is 1.99. The topological polar surface area (TPSA) is 52.4 Å². The summed E-state index contributed by atoms with van der Waals surface area (Å²) in [6, 6.07) is 2.21. The Morgan fingerprint density at radius 3 is 2.71 bits per heavy atom. The third-order valence-electron chi connectivity index (χ3n) is 1.75. The lowest BCUT2D eigenvalue weighted by Crippen LogP contribution is -1.98. The summed E-state index contributed by atoms with van der Waals surface area (Å²) in [5, 5.41) is 10.4. The van der Waals surface area contributed by atoms with Gasteiger partial charge in [-0.25, -0.2) is 4.39 Å². The van der Waals surface area contributed by atoms with Crippen LogP contribution in [-0.2, 0) is 0 Å². The van der Waals surface area contributed by atoms with Gasteiger partial charge in [-0.15, -0.1) is 0 Å². The molecule has 0 heterocycles. The number of halogens is 1. The summed E-state index contributed by atoms with van der Waals surface area (Å²) in [7, 11) is 0. The van der Waals surface area contributed by atoms with E-state index in [1.165, 1.54) is 6.07 Å². The summed E-state index contributed by atoms with van der Waals surface area (Å²) >= 11 is 0. The van der Waals surface area contributed by atoms with Crippen LogP contribution in [0.5, 0.6) is 5.75 Å². The Morgan fingerprint density at radius 2 is 2.21 bits per heavy atom. The standard InChI is InChI=1S/C9H10FNO3/c1-3-14-9-4-6(2)8(11(12)13)5-7(9)10/h4-5H,3H2,1-2H3. The monoisotopic (exact) mass is 199 g/mol. The molecular weight excluding hydrogens is 189 g/mol. The number of ether oxygens (including phenoxy) is 1. The molecule has 0 unspecified atom stereocenters. The lowest BCUT2D eigenvalue weighted by atomic mass is 10.2. The van der Waals surface area contributed by atoms with E-state index in [2.05, 4.69) is 0 Å². The molecule has 0 atom stereocenters. The van der Waals surface area contributed by atoms with Gasteiger partial charge in [0.15, 0.2) is 11.6 Å². The molecule has 0 bridgehead atoms. The molecule has 0 amide bonds. The van der Waals surface area contributed by atoms with Gasteiger partial charge < -0.3 is 4.74 Å². The molecule has 0 aliphatic carbocycles. The molecule has 0 radical (unpaired) electrons. The Labute approximate surface area is 80.5 Å². The zero-order valence-corrected chi connectivity index (χ0v) is 7.91. The van der Waals surface area contributed by atoms with Crippen LogP contribution in [0.15, 0.2) is 12.1 Å². The molecule has 5 heteroatoms. The molecule has 0 fully saturated rings. The number of hydrogen-bond acceptors (Lipinski definition) is 3. The van der Waals surface area contributed by atoms with Gasteiger partial charge in [0.25, 0.3) is 5.69 Å². The van der Waals surface area contributed by atoms with E-state index in [1.807, 2.05) is 0 Å². The summed E-state index contributed by atoms with van der Waals surface area (Å²) in [6.07, 6.45) is 0. The van der Waals surface area contributed by atoms with Crippen LogP contribution in [0, 0.1) is 22.9 Å². The van der Waals surface area contributed by atoms with Gasteiger partial charge in [0, 0.05) is 5.56 Å². The van der Waals surface area contributed by atoms with Gasteiger partial charge in [0.2, 0.25) is 0 Å².